The fourth-order valence-electron chi connectivity index (χ4n) is 7.36. The van der Waals surface area contributed by atoms with E-state index in [1.54, 1.807) is 11.3 Å². The zero-order valence-corrected chi connectivity index (χ0v) is 33.1. The molecule has 0 aliphatic carbocycles. The Morgan fingerprint density at radius 3 is 2.65 bits per heavy atom. The van der Waals surface area contributed by atoms with Gasteiger partial charge in [-0.1, -0.05) is 48.9 Å². The number of amides is 3. The van der Waals surface area contributed by atoms with Crippen molar-refractivity contribution in [2.75, 3.05) is 84.1 Å². The number of carbonyl (C=O) groups excluding carboxylic acids is 3. The van der Waals surface area contributed by atoms with Crippen molar-refractivity contribution in [3.8, 4) is 5.75 Å². The number of carbonyl (C=O) groups is 3. The lowest BCUT2D eigenvalue weighted by Gasteiger charge is -2.47. The van der Waals surface area contributed by atoms with E-state index in [0.29, 0.717) is 76.8 Å². The number of benzene rings is 2. The number of para-hydroxylation sites is 1. The lowest BCUT2D eigenvalue weighted by molar-refractivity contribution is -0.132. The number of nitrogens with one attached hydrogen (secondary N) is 2. The number of piperidine rings is 1. The molecular weight excluding hydrogens is 728 g/mol. The van der Waals surface area contributed by atoms with Crippen LogP contribution in [0.2, 0.25) is 5.02 Å². The van der Waals surface area contributed by atoms with Gasteiger partial charge in [-0.3, -0.25) is 19.3 Å². The van der Waals surface area contributed by atoms with Gasteiger partial charge in [0.25, 0.3) is 11.8 Å². The first-order valence-electron chi connectivity index (χ1n) is 19.2. The number of hydrogen-bond acceptors (Lipinski definition) is 10. The van der Waals surface area contributed by atoms with Crippen molar-refractivity contribution in [2.45, 2.75) is 64.5 Å². The standard InChI is InChI=1S/C40H53ClN6O6S/c1-3-35-44-33(27-54-35)39(50)47-21-24-53-40(28-47)14-18-45(19-15-40)25-31-9-5-7-29(37(31)41)12-22-51-23-13-36(49)46(4-2)20-17-42-16-11-30-8-6-10-32-38(30)52-26-34(48)43-32/h5-10,27,42H,3-4,11-26,28H2,1-2H3,(H,43,48). The van der Waals surface area contributed by atoms with Crippen molar-refractivity contribution in [3.63, 3.8) is 0 Å². The maximum absolute atomic E-state index is 13.2. The van der Waals surface area contributed by atoms with Gasteiger partial charge in [0.15, 0.2) is 6.61 Å². The van der Waals surface area contributed by atoms with Crippen LogP contribution in [0, 0.1) is 0 Å². The fourth-order valence-corrected chi connectivity index (χ4v) is 8.36. The van der Waals surface area contributed by atoms with E-state index >= 15 is 0 Å². The number of fused-ring (bicyclic) bond motifs is 1. The Kier molecular flexibility index (Phi) is 14.3. The molecule has 3 aliphatic rings. The van der Waals surface area contributed by atoms with Crippen LogP contribution in [0.1, 0.15) is 65.3 Å². The molecular formula is C40H53ClN6O6S. The molecule has 0 radical (unpaired) electrons. The van der Waals surface area contributed by atoms with Crippen molar-refractivity contribution in [3.05, 3.63) is 74.2 Å². The van der Waals surface area contributed by atoms with Gasteiger partial charge in [-0.2, -0.15) is 0 Å². The summed E-state index contributed by atoms with van der Waals surface area (Å²) in [6.07, 6.45) is 4.31. The summed E-state index contributed by atoms with van der Waals surface area (Å²) in [5.74, 6) is 0.680. The molecule has 3 aromatic rings. The second-order valence-corrected chi connectivity index (χ2v) is 15.4. The first-order chi connectivity index (χ1) is 26.3. The van der Waals surface area contributed by atoms with Crippen LogP contribution >= 0.6 is 22.9 Å². The Morgan fingerprint density at radius 2 is 1.85 bits per heavy atom. The Bertz CT molecular complexity index is 1750. The highest BCUT2D eigenvalue weighted by Crippen LogP contribution is 2.33. The Labute approximate surface area is 327 Å². The van der Waals surface area contributed by atoms with Crippen LogP contribution in [0.3, 0.4) is 0 Å². The average molecular weight is 781 g/mol. The highest BCUT2D eigenvalue weighted by Gasteiger charge is 2.41. The molecule has 6 rings (SSSR count). The number of likely N-dealkylation sites (tertiary alicyclic amines) is 1. The zero-order chi connectivity index (χ0) is 37.9. The van der Waals surface area contributed by atoms with Crippen molar-refractivity contribution in [1.29, 1.82) is 0 Å². The number of nitrogens with zero attached hydrogens (tertiary/aromatic N) is 4. The highest BCUT2D eigenvalue weighted by atomic mass is 35.5. The minimum absolute atomic E-state index is 0.00627. The summed E-state index contributed by atoms with van der Waals surface area (Å²) in [6.45, 7) is 11.8. The Hall–Kier alpha value is -3.59. The van der Waals surface area contributed by atoms with Crippen LogP contribution in [0.4, 0.5) is 5.69 Å². The smallest absolute Gasteiger partial charge is 0.273 e. The van der Waals surface area contributed by atoms with E-state index in [9.17, 15) is 14.4 Å². The SMILES string of the molecule is CCc1nc(C(=O)N2CCOC3(CCN(Cc4cccc(CCOCCC(=O)N(CC)CCNCCc5cccc6c5OCC(=O)N6)c4Cl)CC3)C2)cs1. The molecule has 4 heterocycles. The third-order valence-corrected chi connectivity index (χ3v) is 12.0. The second-order valence-electron chi connectivity index (χ2n) is 14.1. The molecule has 2 saturated heterocycles. The summed E-state index contributed by atoms with van der Waals surface area (Å²) < 4.78 is 17.9. The summed E-state index contributed by atoms with van der Waals surface area (Å²) >= 11 is 8.46. The summed E-state index contributed by atoms with van der Waals surface area (Å²) in [4.78, 5) is 48.4. The molecule has 292 valence electrons. The number of likely N-dealkylation sites (N-methyl/N-ethyl adjacent to an activating group) is 1. The van der Waals surface area contributed by atoms with E-state index < -0.39 is 0 Å². The molecule has 1 aromatic heterocycles. The molecule has 2 N–H and O–H groups in total. The molecule has 3 amide bonds. The van der Waals surface area contributed by atoms with E-state index in [1.165, 1.54) is 0 Å². The van der Waals surface area contributed by atoms with E-state index in [0.717, 1.165) is 84.3 Å². The third-order valence-electron chi connectivity index (χ3n) is 10.5. The van der Waals surface area contributed by atoms with E-state index in [-0.39, 0.29) is 29.9 Å². The van der Waals surface area contributed by atoms with Crippen LogP contribution in [-0.4, -0.2) is 122 Å². The van der Waals surface area contributed by atoms with Gasteiger partial charge in [-0.25, -0.2) is 4.98 Å². The summed E-state index contributed by atoms with van der Waals surface area (Å²) in [5.41, 5.74) is 4.12. The van der Waals surface area contributed by atoms with Gasteiger partial charge in [0.1, 0.15) is 11.4 Å². The van der Waals surface area contributed by atoms with Crippen LogP contribution < -0.4 is 15.4 Å². The van der Waals surface area contributed by atoms with Gasteiger partial charge in [0.05, 0.1) is 49.1 Å². The predicted octanol–water partition coefficient (Wildman–Crippen LogP) is 4.83. The quantitative estimate of drug-likeness (QED) is 0.186. The maximum Gasteiger partial charge on any atom is 0.273 e. The van der Waals surface area contributed by atoms with Gasteiger partial charge >= 0.3 is 0 Å². The Balaban J connectivity index is 0.869. The third kappa shape index (κ3) is 10.4. The lowest BCUT2D eigenvalue weighted by Crippen LogP contribution is -2.58. The average Bonchev–Trinajstić information content (AvgIpc) is 3.67. The molecule has 0 unspecified atom stereocenters. The molecule has 2 fully saturated rings. The van der Waals surface area contributed by atoms with Crippen molar-refractivity contribution < 1.29 is 28.6 Å². The van der Waals surface area contributed by atoms with Gasteiger partial charge < -0.3 is 34.6 Å². The molecule has 0 saturated carbocycles. The first-order valence-corrected chi connectivity index (χ1v) is 20.5. The van der Waals surface area contributed by atoms with Crippen molar-refractivity contribution in [1.82, 2.24) is 25.0 Å². The number of hydrogen-bond donors (Lipinski definition) is 2. The molecule has 12 nitrogen and oxygen atoms in total. The number of halogens is 1. The van der Waals surface area contributed by atoms with E-state index in [1.807, 2.05) is 46.4 Å². The molecule has 3 aliphatic heterocycles. The minimum atomic E-state index is -0.314. The van der Waals surface area contributed by atoms with Crippen molar-refractivity contribution in [2.24, 2.45) is 0 Å². The molecule has 2 aromatic carbocycles. The number of ether oxygens (including phenoxy) is 3. The fraction of sp³-hybridized carbons (Fsp3) is 0.550. The summed E-state index contributed by atoms with van der Waals surface area (Å²) in [7, 11) is 0. The number of morpholine rings is 1. The highest BCUT2D eigenvalue weighted by molar-refractivity contribution is 7.09. The zero-order valence-electron chi connectivity index (χ0n) is 31.5. The van der Waals surface area contributed by atoms with Gasteiger partial charge in [-0.05, 0) is 68.3 Å². The second kappa shape index (κ2) is 19.3. The number of aryl methyl sites for hydroxylation is 1. The van der Waals surface area contributed by atoms with E-state index in [4.69, 9.17) is 25.8 Å². The molecule has 54 heavy (non-hydrogen) atoms. The molecule has 0 bridgehead atoms. The molecule has 0 atom stereocenters. The van der Waals surface area contributed by atoms with Crippen molar-refractivity contribution >= 4 is 46.3 Å². The van der Waals surface area contributed by atoms with Gasteiger partial charge in [0.2, 0.25) is 5.91 Å². The summed E-state index contributed by atoms with van der Waals surface area (Å²) in [6, 6.07) is 11.9. The maximum atomic E-state index is 13.2. The Morgan fingerprint density at radius 1 is 1.06 bits per heavy atom. The number of rotatable bonds is 17. The van der Waals surface area contributed by atoms with Gasteiger partial charge in [-0.15, -0.1) is 11.3 Å². The topological polar surface area (TPSA) is 126 Å². The van der Waals surface area contributed by atoms with Crippen LogP contribution in [0.15, 0.2) is 41.8 Å². The number of aromatic nitrogens is 1. The molecule has 1 spiro atoms. The lowest BCUT2D eigenvalue weighted by atomic mass is 9.89. The number of anilines is 1. The van der Waals surface area contributed by atoms with Gasteiger partial charge in [0, 0.05) is 56.2 Å². The normalized spacial score (nSPS) is 16.9. The molecule has 14 heteroatoms. The number of thiazole rings is 1. The first kappa shape index (κ1) is 40.1. The minimum Gasteiger partial charge on any atom is -0.481 e. The monoisotopic (exact) mass is 780 g/mol. The largest absolute Gasteiger partial charge is 0.481 e. The van der Waals surface area contributed by atoms with Crippen LogP contribution in [-0.2, 0) is 44.9 Å². The van der Waals surface area contributed by atoms with Crippen LogP contribution in [0.25, 0.3) is 0 Å². The van der Waals surface area contributed by atoms with Crippen LogP contribution in [0.5, 0.6) is 5.75 Å². The summed E-state index contributed by atoms with van der Waals surface area (Å²) in [5, 5.41) is 9.90. The predicted molar refractivity (Wildman–Crippen MR) is 211 cm³/mol. The van der Waals surface area contributed by atoms with E-state index in [2.05, 4.69) is 39.6 Å².